The highest BCUT2D eigenvalue weighted by Gasteiger charge is 2.46. The summed E-state index contributed by atoms with van der Waals surface area (Å²) in [6, 6.07) is 0. The van der Waals surface area contributed by atoms with Gasteiger partial charge in [0.25, 0.3) is 0 Å². The molecule has 4 heteroatoms. The zero-order valence-electron chi connectivity index (χ0n) is 13.3. The molecule has 2 aliphatic carbocycles. The van der Waals surface area contributed by atoms with Gasteiger partial charge in [0.1, 0.15) is 5.82 Å². The van der Waals surface area contributed by atoms with E-state index in [9.17, 15) is 4.79 Å². The molecule has 3 rings (SSSR count). The van der Waals surface area contributed by atoms with Gasteiger partial charge in [0.2, 0.25) is 5.91 Å². The summed E-state index contributed by atoms with van der Waals surface area (Å²) in [4.78, 5) is 16.7. The molecule has 1 heterocycles. The van der Waals surface area contributed by atoms with Gasteiger partial charge in [-0.1, -0.05) is 20.3 Å². The third-order valence-electron chi connectivity index (χ3n) is 5.36. The SMILES string of the molecule is CC(C)c1nccn1CCC(=O)NC1(C2CCC2)CCC1. The van der Waals surface area contributed by atoms with Gasteiger partial charge in [-0.15, -0.1) is 0 Å². The predicted molar refractivity (Wildman–Crippen MR) is 83.0 cm³/mol. The number of hydrogen-bond donors (Lipinski definition) is 1. The van der Waals surface area contributed by atoms with Crippen LogP contribution < -0.4 is 5.32 Å². The number of hydrogen-bond acceptors (Lipinski definition) is 2. The summed E-state index contributed by atoms with van der Waals surface area (Å²) < 4.78 is 2.11. The fourth-order valence-corrected chi connectivity index (χ4v) is 3.73. The first-order chi connectivity index (χ1) is 10.1. The van der Waals surface area contributed by atoms with E-state index in [4.69, 9.17) is 0 Å². The molecule has 1 aromatic heterocycles. The molecule has 1 aromatic rings. The number of amides is 1. The van der Waals surface area contributed by atoms with Gasteiger partial charge >= 0.3 is 0 Å². The van der Waals surface area contributed by atoms with E-state index in [0.29, 0.717) is 12.3 Å². The van der Waals surface area contributed by atoms with E-state index in [1.165, 1.54) is 38.5 Å². The van der Waals surface area contributed by atoms with Gasteiger partial charge in [-0.2, -0.15) is 0 Å². The number of aromatic nitrogens is 2. The second-order valence-corrected chi connectivity index (χ2v) is 7.07. The minimum atomic E-state index is 0.158. The van der Waals surface area contributed by atoms with E-state index in [0.717, 1.165) is 18.3 Å². The lowest BCUT2D eigenvalue weighted by molar-refractivity contribution is -0.126. The molecule has 4 nitrogen and oxygen atoms in total. The molecule has 21 heavy (non-hydrogen) atoms. The molecular formula is C17H27N3O. The van der Waals surface area contributed by atoms with Crippen LogP contribution in [0.4, 0.5) is 0 Å². The summed E-state index contributed by atoms with van der Waals surface area (Å²) in [6.45, 7) is 5.01. The molecule has 116 valence electrons. The zero-order chi connectivity index (χ0) is 14.9. The van der Waals surface area contributed by atoms with E-state index >= 15 is 0 Å². The van der Waals surface area contributed by atoms with Crippen molar-refractivity contribution in [1.82, 2.24) is 14.9 Å². The Morgan fingerprint density at radius 1 is 1.43 bits per heavy atom. The Balaban J connectivity index is 1.53. The molecule has 0 aliphatic heterocycles. The highest BCUT2D eigenvalue weighted by molar-refractivity contribution is 5.77. The molecule has 0 saturated heterocycles. The number of carbonyl (C=O) groups is 1. The van der Waals surface area contributed by atoms with Gasteiger partial charge in [0, 0.05) is 36.8 Å². The van der Waals surface area contributed by atoms with Crippen LogP contribution >= 0.6 is 0 Å². The van der Waals surface area contributed by atoms with Crippen LogP contribution in [0.5, 0.6) is 0 Å². The Labute approximate surface area is 127 Å². The van der Waals surface area contributed by atoms with Crippen LogP contribution in [0.2, 0.25) is 0 Å². The Hall–Kier alpha value is -1.32. The first kappa shape index (κ1) is 14.6. The van der Waals surface area contributed by atoms with E-state index in [-0.39, 0.29) is 11.4 Å². The molecule has 1 amide bonds. The summed E-state index contributed by atoms with van der Waals surface area (Å²) in [5.74, 6) is 2.43. The lowest BCUT2D eigenvalue weighted by atomic mass is 9.61. The van der Waals surface area contributed by atoms with Crippen molar-refractivity contribution in [1.29, 1.82) is 0 Å². The number of rotatable bonds is 6. The summed E-state index contributed by atoms with van der Waals surface area (Å²) >= 11 is 0. The van der Waals surface area contributed by atoms with Crippen molar-refractivity contribution >= 4 is 5.91 Å². The number of nitrogens with one attached hydrogen (secondary N) is 1. The molecule has 1 N–H and O–H groups in total. The molecule has 2 saturated carbocycles. The van der Waals surface area contributed by atoms with Crippen LogP contribution in [0.1, 0.15) is 70.5 Å². The summed E-state index contributed by atoms with van der Waals surface area (Å²) in [5.41, 5.74) is 0.158. The summed E-state index contributed by atoms with van der Waals surface area (Å²) in [7, 11) is 0. The minimum absolute atomic E-state index is 0.158. The van der Waals surface area contributed by atoms with Gasteiger partial charge < -0.3 is 9.88 Å². The first-order valence-corrected chi connectivity index (χ1v) is 8.43. The molecule has 0 bridgehead atoms. The van der Waals surface area contributed by atoms with Gasteiger partial charge in [-0.3, -0.25) is 4.79 Å². The van der Waals surface area contributed by atoms with E-state index < -0.39 is 0 Å². The highest BCUT2D eigenvalue weighted by Crippen LogP contribution is 2.47. The summed E-state index contributed by atoms with van der Waals surface area (Å²) in [5, 5.41) is 3.37. The maximum Gasteiger partial charge on any atom is 0.222 e. The van der Waals surface area contributed by atoms with E-state index in [1.807, 2.05) is 12.4 Å². The van der Waals surface area contributed by atoms with Crippen molar-refractivity contribution in [2.45, 2.75) is 76.8 Å². The normalized spacial score (nSPS) is 20.9. The van der Waals surface area contributed by atoms with Gasteiger partial charge in [-0.25, -0.2) is 4.98 Å². The third-order valence-corrected chi connectivity index (χ3v) is 5.36. The van der Waals surface area contributed by atoms with Crippen LogP contribution in [0, 0.1) is 5.92 Å². The van der Waals surface area contributed by atoms with Crippen molar-refractivity contribution in [2.24, 2.45) is 5.92 Å². The fourth-order valence-electron chi connectivity index (χ4n) is 3.73. The van der Waals surface area contributed by atoms with E-state index in [2.05, 4.69) is 28.7 Å². The van der Waals surface area contributed by atoms with Crippen molar-refractivity contribution in [3.63, 3.8) is 0 Å². The van der Waals surface area contributed by atoms with Crippen molar-refractivity contribution < 1.29 is 4.79 Å². The number of aryl methyl sites for hydroxylation is 1. The second kappa shape index (κ2) is 5.82. The molecular weight excluding hydrogens is 262 g/mol. The molecule has 0 unspecified atom stereocenters. The molecule has 0 radical (unpaired) electrons. The van der Waals surface area contributed by atoms with Crippen LogP contribution in [0.25, 0.3) is 0 Å². The van der Waals surface area contributed by atoms with Gasteiger partial charge in [-0.05, 0) is 38.0 Å². The lowest BCUT2D eigenvalue weighted by Gasteiger charge is -2.52. The Kier molecular flexibility index (Phi) is 4.05. The highest BCUT2D eigenvalue weighted by atomic mass is 16.1. The second-order valence-electron chi connectivity index (χ2n) is 7.07. The van der Waals surface area contributed by atoms with Crippen LogP contribution in [-0.2, 0) is 11.3 Å². The monoisotopic (exact) mass is 289 g/mol. The zero-order valence-corrected chi connectivity index (χ0v) is 13.3. The fraction of sp³-hybridized carbons (Fsp3) is 0.765. The smallest absolute Gasteiger partial charge is 0.222 e. The standard InChI is InChI=1S/C17H27N3O/c1-13(2)16-18-10-12-20(16)11-7-15(21)19-17(8-4-9-17)14-5-3-6-14/h10,12-14H,3-9,11H2,1-2H3,(H,19,21). The minimum Gasteiger partial charge on any atom is -0.350 e. The number of nitrogens with zero attached hydrogens (tertiary/aromatic N) is 2. The maximum absolute atomic E-state index is 12.3. The molecule has 2 aliphatic rings. The number of imidazole rings is 1. The molecule has 2 fully saturated rings. The quantitative estimate of drug-likeness (QED) is 0.874. The van der Waals surface area contributed by atoms with Crippen LogP contribution in [-0.4, -0.2) is 21.0 Å². The van der Waals surface area contributed by atoms with Gasteiger partial charge in [0.05, 0.1) is 0 Å². The average molecular weight is 289 g/mol. The van der Waals surface area contributed by atoms with Crippen molar-refractivity contribution in [2.75, 3.05) is 0 Å². The van der Waals surface area contributed by atoms with E-state index in [1.54, 1.807) is 0 Å². The summed E-state index contributed by atoms with van der Waals surface area (Å²) in [6.07, 6.45) is 12.0. The molecule has 0 aromatic carbocycles. The molecule has 0 atom stereocenters. The van der Waals surface area contributed by atoms with Crippen LogP contribution in [0.15, 0.2) is 12.4 Å². The largest absolute Gasteiger partial charge is 0.350 e. The maximum atomic E-state index is 12.3. The van der Waals surface area contributed by atoms with Crippen LogP contribution in [0.3, 0.4) is 0 Å². The Bertz CT molecular complexity index is 498. The van der Waals surface area contributed by atoms with Crippen molar-refractivity contribution in [3.8, 4) is 0 Å². The first-order valence-electron chi connectivity index (χ1n) is 8.43. The number of carbonyl (C=O) groups excluding carboxylic acids is 1. The van der Waals surface area contributed by atoms with Gasteiger partial charge in [0.15, 0.2) is 0 Å². The third kappa shape index (κ3) is 2.85. The average Bonchev–Trinajstić information content (AvgIpc) is 2.79. The topological polar surface area (TPSA) is 46.9 Å². The van der Waals surface area contributed by atoms with Crippen molar-refractivity contribution in [3.05, 3.63) is 18.2 Å². The molecule has 0 spiro atoms. The predicted octanol–water partition coefficient (Wildman–Crippen LogP) is 3.24. The Morgan fingerprint density at radius 3 is 2.71 bits per heavy atom. The lowest BCUT2D eigenvalue weighted by Crippen LogP contribution is -2.60. The Morgan fingerprint density at radius 2 is 2.19 bits per heavy atom.